The van der Waals surface area contributed by atoms with E-state index in [0.29, 0.717) is 22.4 Å². The first kappa shape index (κ1) is 12.3. The quantitative estimate of drug-likeness (QED) is 0.703. The highest BCUT2D eigenvalue weighted by atomic mass is 19.1. The third-order valence-electron chi connectivity index (χ3n) is 2.87. The van der Waals surface area contributed by atoms with Crippen LogP contribution in [0.5, 0.6) is 0 Å². The molecule has 20 heavy (non-hydrogen) atoms. The maximum absolute atomic E-state index is 13.6. The fraction of sp³-hybridized carbons (Fsp3) is 0. The molecule has 100 valence electrons. The predicted octanol–water partition coefficient (Wildman–Crippen LogP) is 3.23. The van der Waals surface area contributed by atoms with Crippen molar-refractivity contribution in [2.45, 2.75) is 0 Å². The summed E-state index contributed by atoms with van der Waals surface area (Å²) in [6.45, 7) is 0. The van der Waals surface area contributed by atoms with Gasteiger partial charge in [-0.1, -0.05) is 6.07 Å². The summed E-state index contributed by atoms with van der Waals surface area (Å²) in [5.74, 6) is -1.06. The van der Waals surface area contributed by atoms with Crippen LogP contribution in [0.2, 0.25) is 0 Å². The van der Waals surface area contributed by atoms with E-state index in [-0.39, 0.29) is 5.69 Å². The first-order valence-electron chi connectivity index (χ1n) is 5.86. The Balaban J connectivity index is 2.11. The zero-order valence-electron chi connectivity index (χ0n) is 10.3. The molecule has 0 radical (unpaired) electrons. The van der Waals surface area contributed by atoms with E-state index in [1.165, 1.54) is 24.5 Å². The van der Waals surface area contributed by atoms with Gasteiger partial charge in [0.2, 0.25) is 0 Å². The molecule has 0 saturated heterocycles. The SMILES string of the molecule is Nc1ccc2c(Nc3c(F)cccc3F)ncnc2c1. The second-order valence-corrected chi connectivity index (χ2v) is 4.22. The summed E-state index contributed by atoms with van der Waals surface area (Å²) in [6, 6.07) is 8.69. The largest absolute Gasteiger partial charge is 0.399 e. The number of nitrogens with zero attached hydrogens (tertiary/aromatic N) is 2. The van der Waals surface area contributed by atoms with Crippen molar-refractivity contribution in [3.8, 4) is 0 Å². The minimum Gasteiger partial charge on any atom is -0.399 e. The molecular formula is C14H10F2N4. The maximum atomic E-state index is 13.6. The Hall–Kier alpha value is -2.76. The minimum absolute atomic E-state index is 0.246. The van der Waals surface area contributed by atoms with E-state index in [0.717, 1.165) is 0 Å². The van der Waals surface area contributed by atoms with Crippen molar-refractivity contribution >= 4 is 28.1 Å². The highest BCUT2D eigenvalue weighted by Gasteiger charge is 2.11. The summed E-state index contributed by atoms with van der Waals surface area (Å²) in [7, 11) is 0. The van der Waals surface area contributed by atoms with E-state index in [9.17, 15) is 8.78 Å². The molecule has 2 aromatic carbocycles. The Labute approximate surface area is 113 Å². The van der Waals surface area contributed by atoms with E-state index < -0.39 is 11.6 Å². The number of fused-ring (bicyclic) bond motifs is 1. The second kappa shape index (κ2) is 4.73. The van der Waals surface area contributed by atoms with Gasteiger partial charge in [0.25, 0.3) is 0 Å². The Morgan fingerprint density at radius 2 is 1.75 bits per heavy atom. The molecule has 0 aliphatic rings. The number of hydrogen-bond donors (Lipinski definition) is 2. The van der Waals surface area contributed by atoms with Gasteiger partial charge in [-0.05, 0) is 30.3 Å². The highest BCUT2D eigenvalue weighted by molar-refractivity contribution is 5.92. The zero-order valence-corrected chi connectivity index (χ0v) is 10.3. The molecule has 0 bridgehead atoms. The molecule has 0 saturated carbocycles. The summed E-state index contributed by atoms with van der Waals surface area (Å²) >= 11 is 0. The number of halogens is 2. The van der Waals surface area contributed by atoms with Gasteiger partial charge in [0.1, 0.15) is 29.5 Å². The van der Waals surface area contributed by atoms with Crippen molar-refractivity contribution in [1.82, 2.24) is 9.97 Å². The molecule has 0 spiro atoms. The molecule has 3 aromatic rings. The molecule has 6 heteroatoms. The molecule has 0 aliphatic carbocycles. The van der Waals surface area contributed by atoms with Crippen LogP contribution < -0.4 is 11.1 Å². The van der Waals surface area contributed by atoms with E-state index in [2.05, 4.69) is 15.3 Å². The van der Waals surface area contributed by atoms with Crippen molar-refractivity contribution in [3.05, 3.63) is 54.4 Å². The number of rotatable bonds is 2. The number of aromatic nitrogens is 2. The van der Waals surface area contributed by atoms with Crippen LogP contribution in [0.3, 0.4) is 0 Å². The zero-order chi connectivity index (χ0) is 14.1. The molecule has 0 aliphatic heterocycles. The van der Waals surface area contributed by atoms with Crippen molar-refractivity contribution in [1.29, 1.82) is 0 Å². The molecule has 3 N–H and O–H groups in total. The lowest BCUT2D eigenvalue weighted by molar-refractivity contribution is 0.590. The number of para-hydroxylation sites is 1. The Kier molecular flexibility index (Phi) is 2.90. The third-order valence-corrected chi connectivity index (χ3v) is 2.87. The molecule has 1 heterocycles. The monoisotopic (exact) mass is 272 g/mol. The van der Waals surface area contributed by atoms with Crippen LogP contribution in [-0.2, 0) is 0 Å². The van der Waals surface area contributed by atoms with Crippen LogP contribution in [-0.4, -0.2) is 9.97 Å². The van der Waals surface area contributed by atoms with Crippen LogP contribution in [0.15, 0.2) is 42.7 Å². The minimum atomic E-state index is -0.688. The van der Waals surface area contributed by atoms with E-state index >= 15 is 0 Å². The lowest BCUT2D eigenvalue weighted by Crippen LogP contribution is -2.00. The first-order chi connectivity index (χ1) is 9.65. The van der Waals surface area contributed by atoms with Crippen molar-refractivity contribution < 1.29 is 8.78 Å². The number of nitrogen functional groups attached to an aromatic ring is 1. The number of anilines is 3. The topological polar surface area (TPSA) is 63.8 Å². The molecule has 0 atom stereocenters. The summed E-state index contributed by atoms with van der Waals surface area (Å²) in [6.07, 6.45) is 1.31. The molecular weight excluding hydrogens is 262 g/mol. The first-order valence-corrected chi connectivity index (χ1v) is 5.86. The van der Waals surface area contributed by atoms with Gasteiger partial charge in [0.05, 0.1) is 5.52 Å². The fourth-order valence-electron chi connectivity index (χ4n) is 1.91. The smallest absolute Gasteiger partial charge is 0.149 e. The van der Waals surface area contributed by atoms with Crippen LogP contribution in [0, 0.1) is 11.6 Å². The van der Waals surface area contributed by atoms with E-state index in [1.807, 2.05) is 0 Å². The summed E-state index contributed by atoms with van der Waals surface area (Å²) in [4.78, 5) is 8.09. The lowest BCUT2D eigenvalue weighted by Gasteiger charge is -2.10. The van der Waals surface area contributed by atoms with E-state index in [1.54, 1.807) is 18.2 Å². The summed E-state index contributed by atoms with van der Waals surface area (Å²) < 4.78 is 27.3. The molecule has 1 aromatic heterocycles. The van der Waals surface area contributed by atoms with Gasteiger partial charge >= 0.3 is 0 Å². The van der Waals surface area contributed by atoms with Gasteiger partial charge in [-0.2, -0.15) is 0 Å². The average Bonchev–Trinajstić information content (AvgIpc) is 2.42. The number of hydrogen-bond acceptors (Lipinski definition) is 4. The number of nitrogens with one attached hydrogen (secondary N) is 1. The maximum Gasteiger partial charge on any atom is 0.149 e. The van der Waals surface area contributed by atoms with Crippen molar-refractivity contribution in [3.63, 3.8) is 0 Å². The van der Waals surface area contributed by atoms with E-state index in [4.69, 9.17) is 5.73 Å². The molecule has 0 unspecified atom stereocenters. The highest BCUT2D eigenvalue weighted by Crippen LogP contribution is 2.27. The summed E-state index contributed by atoms with van der Waals surface area (Å²) in [5, 5.41) is 3.29. The standard InChI is InChI=1S/C14H10F2N4/c15-10-2-1-3-11(16)13(10)20-14-9-5-4-8(17)6-12(9)18-7-19-14/h1-7H,17H2,(H,18,19,20). The average molecular weight is 272 g/mol. The van der Waals surface area contributed by atoms with Crippen LogP contribution >= 0.6 is 0 Å². The third kappa shape index (κ3) is 2.11. The molecule has 0 amide bonds. The van der Waals surface area contributed by atoms with Gasteiger partial charge in [0.15, 0.2) is 0 Å². The van der Waals surface area contributed by atoms with Gasteiger partial charge in [-0.25, -0.2) is 18.7 Å². The number of benzene rings is 2. The number of nitrogens with two attached hydrogens (primary N) is 1. The molecule has 3 rings (SSSR count). The lowest BCUT2D eigenvalue weighted by atomic mass is 10.2. The Bertz CT molecular complexity index is 769. The van der Waals surface area contributed by atoms with Crippen LogP contribution in [0.1, 0.15) is 0 Å². The van der Waals surface area contributed by atoms with Gasteiger partial charge in [-0.3, -0.25) is 0 Å². The summed E-state index contributed by atoms with van der Waals surface area (Å²) in [5.41, 5.74) is 6.58. The molecule has 0 fully saturated rings. The van der Waals surface area contributed by atoms with Crippen molar-refractivity contribution in [2.75, 3.05) is 11.1 Å². The predicted molar refractivity (Wildman–Crippen MR) is 73.6 cm³/mol. The second-order valence-electron chi connectivity index (χ2n) is 4.22. The van der Waals surface area contributed by atoms with Crippen LogP contribution in [0.4, 0.5) is 26.0 Å². The van der Waals surface area contributed by atoms with Crippen LogP contribution in [0.25, 0.3) is 10.9 Å². The fourth-order valence-corrected chi connectivity index (χ4v) is 1.91. The van der Waals surface area contributed by atoms with Crippen molar-refractivity contribution in [2.24, 2.45) is 0 Å². The Morgan fingerprint density at radius 3 is 2.50 bits per heavy atom. The van der Waals surface area contributed by atoms with Gasteiger partial charge < -0.3 is 11.1 Å². The molecule has 4 nitrogen and oxygen atoms in total. The van der Waals surface area contributed by atoms with Gasteiger partial charge in [-0.15, -0.1) is 0 Å². The van der Waals surface area contributed by atoms with Gasteiger partial charge in [0, 0.05) is 11.1 Å². The Morgan fingerprint density at radius 1 is 1.00 bits per heavy atom. The normalized spacial score (nSPS) is 10.7.